The van der Waals surface area contributed by atoms with Crippen molar-refractivity contribution in [1.29, 1.82) is 0 Å². The van der Waals surface area contributed by atoms with Gasteiger partial charge in [-0.1, -0.05) is 31.2 Å². The molecule has 4 nitrogen and oxygen atoms in total. The van der Waals surface area contributed by atoms with Crippen LogP contribution in [0.15, 0.2) is 54.6 Å². The molecule has 0 aliphatic carbocycles. The molecule has 0 bridgehead atoms. The first-order valence-corrected chi connectivity index (χ1v) is 6.75. The Labute approximate surface area is 123 Å². The monoisotopic (exact) mass is 284 g/mol. The summed E-state index contributed by atoms with van der Waals surface area (Å²) in [5, 5.41) is 0. The standard InChI is InChI=1S/C17H16O4/c1-2-11-20-16(18)13-7-6-8-14(12-13)17(19)21-15-9-4-3-5-10-15/h3-10,12H,2,11H2,1H3. The number of carbonyl (C=O) groups excluding carboxylic acids is 2. The summed E-state index contributed by atoms with van der Waals surface area (Å²) >= 11 is 0. The zero-order valence-electron chi connectivity index (χ0n) is 11.7. The number of hydrogen-bond donors (Lipinski definition) is 0. The second-order valence-corrected chi connectivity index (χ2v) is 4.42. The van der Waals surface area contributed by atoms with Gasteiger partial charge in [0.2, 0.25) is 0 Å². The fourth-order valence-electron chi connectivity index (χ4n) is 1.71. The van der Waals surface area contributed by atoms with Gasteiger partial charge in [-0.05, 0) is 36.8 Å². The van der Waals surface area contributed by atoms with Crippen LogP contribution < -0.4 is 4.74 Å². The van der Waals surface area contributed by atoms with E-state index in [1.807, 2.05) is 13.0 Å². The summed E-state index contributed by atoms with van der Waals surface area (Å²) in [7, 11) is 0. The van der Waals surface area contributed by atoms with Gasteiger partial charge in [0.1, 0.15) is 5.75 Å². The number of benzene rings is 2. The van der Waals surface area contributed by atoms with Crippen LogP contribution in [0.25, 0.3) is 0 Å². The maximum Gasteiger partial charge on any atom is 0.343 e. The third-order valence-corrected chi connectivity index (χ3v) is 2.73. The molecular formula is C17H16O4. The molecule has 0 saturated heterocycles. The van der Waals surface area contributed by atoms with Gasteiger partial charge in [-0.2, -0.15) is 0 Å². The molecule has 4 heteroatoms. The Morgan fingerprint density at radius 3 is 2.24 bits per heavy atom. The number of carbonyl (C=O) groups is 2. The molecule has 0 fully saturated rings. The van der Waals surface area contributed by atoms with Crippen molar-refractivity contribution in [2.24, 2.45) is 0 Å². The predicted octanol–water partition coefficient (Wildman–Crippen LogP) is 3.47. The summed E-state index contributed by atoms with van der Waals surface area (Å²) in [4.78, 5) is 23.8. The fourth-order valence-corrected chi connectivity index (χ4v) is 1.71. The van der Waals surface area contributed by atoms with Gasteiger partial charge in [0.05, 0.1) is 17.7 Å². The topological polar surface area (TPSA) is 52.6 Å². The van der Waals surface area contributed by atoms with Crippen molar-refractivity contribution in [3.63, 3.8) is 0 Å². The summed E-state index contributed by atoms with van der Waals surface area (Å²) in [6.07, 6.45) is 0.751. The molecule has 2 rings (SSSR count). The van der Waals surface area contributed by atoms with E-state index in [1.54, 1.807) is 42.5 Å². The lowest BCUT2D eigenvalue weighted by Gasteiger charge is -2.06. The van der Waals surface area contributed by atoms with Crippen LogP contribution >= 0.6 is 0 Å². The normalized spacial score (nSPS) is 9.95. The van der Waals surface area contributed by atoms with Crippen LogP contribution in [0, 0.1) is 0 Å². The molecular weight excluding hydrogens is 268 g/mol. The molecule has 0 radical (unpaired) electrons. The highest BCUT2D eigenvalue weighted by Gasteiger charge is 2.13. The molecule has 0 spiro atoms. The Hall–Kier alpha value is -2.62. The minimum atomic E-state index is -0.508. The first-order chi connectivity index (χ1) is 10.2. The average Bonchev–Trinajstić information content (AvgIpc) is 2.53. The van der Waals surface area contributed by atoms with Gasteiger partial charge in [-0.15, -0.1) is 0 Å². The van der Waals surface area contributed by atoms with E-state index in [9.17, 15) is 9.59 Å². The maximum atomic E-state index is 12.0. The van der Waals surface area contributed by atoms with Crippen molar-refractivity contribution < 1.29 is 19.1 Å². The molecule has 2 aromatic carbocycles. The lowest BCUT2D eigenvalue weighted by molar-refractivity contribution is 0.0505. The van der Waals surface area contributed by atoms with Crippen LogP contribution in [-0.2, 0) is 4.74 Å². The van der Waals surface area contributed by atoms with E-state index in [-0.39, 0.29) is 0 Å². The smallest absolute Gasteiger partial charge is 0.343 e. The Kier molecular flexibility index (Phi) is 5.10. The molecule has 0 unspecified atom stereocenters. The molecule has 108 valence electrons. The van der Waals surface area contributed by atoms with Gasteiger partial charge >= 0.3 is 11.9 Å². The number of para-hydroxylation sites is 1. The van der Waals surface area contributed by atoms with Crippen molar-refractivity contribution in [2.75, 3.05) is 6.61 Å². The molecule has 0 aromatic heterocycles. The second kappa shape index (κ2) is 7.24. The van der Waals surface area contributed by atoms with Gasteiger partial charge in [0, 0.05) is 0 Å². The number of hydrogen-bond acceptors (Lipinski definition) is 4. The highest BCUT2D eigenvalue weighted by atomic mass is 16.5. The van der Waals surface area contributed by atoms with Crippen LogP contribution in [0.4, 0.5) is 0 Å². The van der Waals surface area contributed by atoms with Crippen LogP contribution in [0.1, 0.15) is 34.1 Å². The van der Waals surface area contributed by atoms with E-state index >= 15 is 0 Å². The van der Waals surface area contributed by atoms with Gasteiger partial charge in [-0.3, -0.25) is 0 Å². The number of esters is 2. The summed E-state index contributed by atoms with van der Waals surface area (Å²) in [5.74, 6) is -0.487. The van der Waals surface area contributed by atoms with Crippen molar-refractivity contribution in [2.45, 2.75) is 13.3 Å². The Morgan fingerprint density at radius 1 is 0.905 bits per heavy atom. The SMILES string of the molecule is CCCOC(=O)c1cccc(C(=O)Oc2ccccc2)c1. The molecule has 0 heterocycles. The second-order valence-electron chi connectivity index (χ2n) is 4.42. The fraction of sp³-hybridized carbons (Fsp3) is 0.176. The van der Waals surface area contributed by atoms with Crippen molar-refractivity contribution in [3.8, 4) is 5.75 Å². The Bertz CT molecular complexity index is 620. The molecule has 0 atom stereocenters. The average molecular weight is 284 g/mol. The van der Waals surface area contributed by atoms with Gasteiger partial charge < -0.3 is 9.47 Å². The molecule has 0 N–H and O–H groups in total. The molecule has 21 heavy (non-hydrogen) atoms. The largest absolute Gasteiger partial charge is 0.462 e. The van der Waals surface area contributed by atoms with Crippen LogP contribution in [0.3, 0.4) is 0 Å². The third kappa shape index (κ3) is 4.18. The third-order valence-electron chi connectivity index (χ3n) is 2.73. The zero-order chi connectivity index (χ0) is 15.1. The highest BCUT2D eigenvalue weighted by Crippen LogP contribution is 2.13. The number of ether oxygens (including phenoxy) is 2. The van der Waals surface area contributed by atoms with Gasteiger partial charge in [-0.25, -0.2) is 9.59 Å². The summed E-state index contributed by atoms with van der Waals surface area (Å²) in [5.41, 5.74) is 0.649. The van der Waals surface area contributed by atoms with E-state index in [2.05, 4.69) is 0 Å². The van der Waals surface area contributed by atoms with E-state index in [4.69, 9.17) is 9.47 Å². The summed E-state index contributed by atoms with van der Waals surface area (Å²) < 4.78 is 10.3. The minimum Gasteiger partial charge on any atom is -0.462 e. The lowest BCUT2D eigenvalue weighted by atomic mass is 10.1. The van der Waals surface area contributed by atoms with Crippen LogP contribution in [-0.4, -0.2) is 18.5 Å². The zero-order valence-corrected chi connectivity index (χ0v) is 11.7. The van der Waals surface area contributed by atoms with E-state index in [0.29, 0.717) is 23.5 Å². The minimum absolute atomic E-state index is 0.310. The lowest BCUT2D eigenvalue weighted by Crippen LogP contribution is -2.11. The molecule has 0 aliphatic rings. The first kappa shape index (κ1) is 14.8. The van der Waals surface area contributed by atoms with E-state index in [0.717, 1.165) is 6.42 Å². The first-order valence-electron chi connectivity index (χ1n) is 6.75. The predicted molar refractivity (Wildman–Crippen MR) is 78.4 cm³/mol. The van der Waals surface area contributed by atoms with Crippen LogP contribution in [0.2, 0.25) is 0 Å². The molecule has 2 aromatic rings. The van der Waals surface area contributed by atoms with E-state index in [1.165, 1.54) is 6.07 Å². The molecule has 0 aliphatic heterocycles. The summed E-state index contributed by atoms with van der Waals surface area (Å²) in [6, 6.07) is 15.1. The summed E-state index contributed by atoms with van der Waals surface area (Å²) in [6.45, 7) is 2.28. The molecule has 0 saturated carbocycles. The van der Waals surface area contributed by atoms with Gasteiger partial charge in [0.15, 0.2) is 0 Å². The van der Waals surface area contributed by atoms with Crippen LogP contribution in [0.5, 0.6) is 5.75 Å². The Balaban J connectivity index is 2.10. The Morgan fingerprint density at radius 2 is 1.57 bits per heavy atom. The van der Waals surface area contributed by atoms with E-state index < -0.39 is 11.9 Å². The van der Waals surface area contributed by atoms with Crippen molar-refractivity contribution >= 4 is 11.9 Å². The van der Waals surface area contributed by atoms with Crippen molar-refractivity contribution in [1.82, 2.24) is 0 Å². The number of rotatable bonds is 5. The highest BCUT2D eigenvalue weighted by molar-refractivity contribution is 5.96. The van der Waals surface area contributed by atoms with Crippen molar-refractivity contribution in [3.05, 3.63) is 65.7 Å². The quantitative estimate of drug-likeness (QED) is 0.623. The van der Waals surface area contributed by atoms with Gasteiger partial charge in [0.25, 0.3) is 0 Å². The molecule has 0 amide bonds. The maximum absolute atomic E-state index is 12.0.